The highest BCUT2D eigenvalue weighted by atomic mass is 15.0. The van der Waals surface area contributed by atoms with Crippen LogP contribution < -0.4 is 0 Å². The molecule has 3 heterocycles. The quantitative estimate of drug-likeness (QED) is 0.209. The van der Waals surface area contributed by atoms with Crippen molar-refractivity contribution in [2.45, 2.75) is 6.92 Å². The van der Waals surface area contributed by atoms with Gasteiger partial charge in [0.15, 0.2) is 17.5 Å². The number of para-hydroxylation sites is 1. The predicted molar refractivity (Wildman–Crippen MR) is 178 cm³/mol. The molecule has 0 amide bonds. The fourth-order valence-electron chi connectivity index (χ4n) is 5.92. The van der Waals surface area contributed by atoms with Gasteiger partial charge in [-0.2, -0.15) is 0 Å². The lowest BCUT2D eigenvalue weighted by atomic mass is 9.99. The molecule has 5 aromatic carbocycles. The molecule has 0 atom stereocenters. The summed E-state index contributed by atoms with van der Waals surface area (Å²) in [4.78, 5) is 19.4. The van der Waals surface area contributed by atoms with Crippen LogP contribution in [0.4, 0.5) is 0 Å². The minimum atomic E-state index is 0.612. The third kappa shape index (κ3) is 4.52. The molecule has 208 valence electrons. The van der Waals surface area contributed by atoms with E-state index in [0.29, 0.717) is 17.5 Å². The van der Waals surface area contributed by atoms with Crippen LogP contribution in [0.15, 0.2) is 146 Å². The molecule has 0 aliphatic heterocycles. The van der Waals surface area contributed by atoms with Crippen molar-refractivity contribution in [1.29, 1.82) is 0 Å². The molecule has 44 heavy (non-hydrogen) atoms. The van der Waals surface area contributed by atoms with Crippen molar-refractivity contribution in [1.82, 2.24) is 24.5 Å². The van der Waals surface area contributed by atoms with Crippen molar-refractivity contribution >= 4 is 21.8 Å². The summed E-state index contributed by atoms with van der Waals surface area (Å²) in [5.74, 6) is 1.88. The fourth-order valence-corrected chi connectivity index (χ4v) is 5.92. The largest absolute Gasteiger partial charge is 0.309 e. The van der Waals surface area contributed by atoms with Crippen LogP contribution >= 0.6 is 0 Å². The topological polar surface area (TPSA) is 56.5 Å². The molecule has 0 radical (unpaired) electrons. The first-order valence-electron chi connectivity index (χ1n) is 14.6. The molecule has 0 saturated heterocycles. The Labute approximate surface area is 255 Å². The minimum absolute atomic E-state index is 0.612. The molecule has 0 saturated carbocycles. The highest BCUT2D eigenvalue weighted by Gasteiger charge is 2.18. The van der Waals surface area contributed by atoms with Gasteiger partial charge in [-0.1, -0.05) is 97.1 Å². The Hall–Kier alpha value is -5.94. The molecule has 3 aromatic heterocycles. The molecule has 0 N–H and O–H groups in total. The van der Waals surface area contributed by atoms with Gasteiger partial charge >= 0.3 is 0 Å². The van der Waals surface area contributed by atoms with E-state index in [2.05, 4.69) is 83.2 Å². The molecule has 0 aliphatic carbocycles. The molecule has 0 spiro atoms. The summed E-state index contributed by atoms with van der Waals surface area (Å²) in [6.45, 7) is 2.14. The van der Waals surface area contributed by atoms with Gasteiger partial charge in [0.1, 0.15) is 0 Å². The zero-order chi connectivity index (χ0) is 29.5. The average molecular weight is 566 g/mol. The van der Waals surface area contributed by atoms with Crippen LogP contribution in [-0.2, 0) is 0 Å². The molecule has 8 aromatic rings. The van der Waals surface area contributed by atoms with E-state index >= 15 is 0 Å². The predicted octanol–water partition coefficient (Wildman–Crippen LogP) is 9.34. The Bertz CT molecular complexity index is 2220. The van der Waals surface area contributed by atoms with Gasteiger partial charge in [0, 0.05) is 51.1 Å². The highest BCUT2D eigenvalue weighted by Crippen LogP contribution is 2.37. The molecule has 0 bridgehead atoms. The molecule has 0 aliphatic rings. The normalized spacial score (nSPS) is 11.3. The number of benzene rings is 5. The first-order chi connectivity index (χ1) is 21.7. The van der Waals surface area contributed by atoms with Crippen molar-refractivity contribution in [3.05, 3.63) is 151 Å². The van der Waals surface area contributed by atoms with Crippen LogP contribution in [0.25, 0.3) is 72.8 Å². The maximum absolute atomic E-state index is 5.04. The van der Waals surface area contributed by atoms with Crippen molar-refractivity contribution in [3.63, 3.8) is 0 Å². The van der Waals surface area contributed by atoms with Gasteiger partial charge in [-0.25, -0.2) is 15.0 Å². The van der Waals surface area contributed by atoms with Gasteiger partial charge in [0.2, 0.25) is 0 Å². The number of pyridine rings is 1. The summed E-state index contributed by atoms with van der Waals surface area (Å²) in [5.41, 5.74) is 9.40. The van der Waals surface area contributed by atoms with Gasteiger partial charge in [0.25, 0.3) is 0 Å². The van der Waals surface area contributed by atoms with E-state index in [9.17, 15) is 0 Å². The van der Waals surface area contributed by atoms with Crippen LogP contribution in [-0.4, -0.2) is 24.5 Å². The molecular weight excluding hydrogens is 538 g/mol. The standard InChI is InChI=1S/C39H27N5/c1-26-18-20-32-31-16-8-9-17-35(31)44(36(32)23-26)30-19-21-33(34(24-30)29-15-10-22-40-25-29)39-42-37(27-11-4-2-5-12-27)41-38(43-39)28-13-6-3-7-14-28/h2-25H,1H3. The van der Waals surface area contributed by atoms with E-state index in [1.165, 1.54) is 21.9 Å². The van der Waals surface area contributed by atoms with Crippen molar-refractivity contribution in [2.24, 2.45) is 0 Å². The Balaban J connectivity index is 1.39. The summed E-state index contributed by atoms with van der Waals surface area (Å²) in [6.07, 6.45) is 3.70. The summed E-state index contributed by atoms with van der Waals surface area (Å²) in [6, 6.07) is 46.0. The second kappa shape index (κ2) is 10.7. The monoisotopic (exact) mass is 565 g/mol. The summed E-state index contributed by atoms with van der Waals surface area (Å²) in [5, 5.41) is 2.46. The zero-order valence-corrected chi connectivity index (χ0v) is 24.1. The Morgan fingerprint density at radius 3 is 1.82 bits per heavy atom. The number of aryl methyl sites for hydroxylation is 1. The lowest BCUT2D eigenvalue weighted by Gasteiger charge is -2.15. The first-order valence-corrected chi connectivity index (χ1v) is 14.6. The molecule has 5 heteroatoms. The third-order valence-corrected chi connectivity index (χ3v) is 8.00. The van der Waals surface area contributed by atoms with Gasteiger partial charge < -0.3 is 4.57 Å². The molecule has 0 unspecified atom stereocenters. The maximum atomic E-state index is 5.04. The van der Waals surface area contributed by atoms with E-state index < -0.39 is 0 Å². The van der Waals surface area contributed by atoms with E-state index in [0.717, 1.165) is 39.0 Å². The van der Waals surface area contributed by atoms with Crippen LogP contribution in [0, 0.1) is 6.92 Å². The third-order valence-electron chi connectivity index (χ3n) is 8.00. The number of hydrogen-bond acceptors (Lipinski definition) is 4. The second-order valence-electron chi connectivity index (χ2n) is 10.9. The molecule has 5 nitrogen and oxygen atoms in total. The maximum Gasteiger partial charge on any atom is 0.164 e. The number of aromatic nitrogens is 5. The smallest absolute Gasteiger partial charge is 0.164 e. The van der Waals surface area contributed by atoms with Gasteiger partial charge in [-0.3, -0.25) is 4.98 Å². The molecular formula is C39H27N5. The highest BCUT2D eigenvalue weighted by molar-refractivity contribution is 6.09. The molecule has 0 fully saturated rings. The van der Waals surface area contributed by atoms with Crippen molar-refractivity contribution in [2.75, 3.05) is 0 Å². The first kappa shape index (κ1) is 25.7. The Morgan fingerprint density at radius 1 is 0.477 bits per heavy atom. The van der Waals surface area contributed by atoms with Crippen LogP contribution in [0.2, 0.25) is 0 Å². The minimum Gasteiger partial charge on any atom is -0.309 e. The average Bonchev–Trinajstić information content (AvgIpc) is 3.42. The number of hydrogen-bond donors (Lipinski definition) is 0. The van der Waals surface area contributed by atoms with E-state index in [1.807, 2.05) is 72.9 Å². The van der Waals surface area contributed by atoms with Gasteiger partial charge in [-0.15, -0.1) is 0 Å². The van der Waals surface area contributed by atoms with Crippen LogP contribution in [0.1, 0.15) is 5.56 Å². The van der Waals surface area contributed by atoms with Crippen molar-refractivity contribution < 1.29 is 0 Å². The van der Waals surface area contributed by atoms with E-state index in [4.69, 9.17) is 15.0 Å². The zero-order valence-electron chi connectivity index (χ0n) is 24.1. The van der Waals surface area contributed by atoms with Crippen LogP contribution in [0.5, 0.6) is 0 Å². The number of nitrogens with zero attached hydrogens (tertiary/aromatic N) is 5. The summed E-state index contributed by atoms with van der Waals surface area (Å²) >= 11 is 0. The SMILES string of the molecule is Cc1ccc2c3ccccc3n(-c3ccc(-c4nc(-c5ccccc5)nc(-c5ccccc5)n4)c(-c4cccnc4)c3)c2c1. The summed E-state index contributed by atoms with van der Waals surface area (Å²) < 4.78 is 2.35. The summed E-state index contributed by atoms with van der Waals surface area (Å²) in [7, 11) is 0. The fraction of sp³-hybridized carbons (Fsp3) is 0.0256. The lowest BCUT2D eigenvalue weighted by Crippen LogP contribution is -2.02. The number of rotatable bonds is 5. The number of fused-ring (bicyclic) bond motifs is 3. The lowest BCUT2D eigenvalue weighted by molar-refractivity contribution is 1.07. The molecule has 8 rings (SSSR count). The van der Waals surface area contributed by atoms with Gasteiger partial charge in [0.05, 0.1) is 11.0 Å². The van der Waals surface area contributed by atoms with Crippen molar-refractivity contribution in [3.8, 4) is 51.0 Å². The van der Waals surface area contributed by atoms with E-state index in [-0.39, 0.29) is 0 Å². The second-order valence-corrected chi connectivity index (χ2v) is 10.9. The van der Waals surface area contributed by atoms with Crippen LogP contribution in [0.3, 0.4) is 0 Å². The Kier molecular flexibility index (Phi) is 6.27. The van der Waals surface area contributed by atoms with E-state index in [1.54, 1.807) is 6.20 Å². The van der Waals surface area contributed by atoms with Gasteiger partial charge in [-0.05, 0) is 54.4 Å². The Morgan fingerprint density at radius 2 is 1.11 bits per heavy atom.